The first-order valence-electron chi connectivity index (χ1n) is 7.83. The molecule has 0 saturated carbocycles. The fourth-order valence-electron chi connectivity index (χ4n) is 3.23. The van der Waals surface area contributed by atoms with Crippen LogP contribution in [0.2, 0.25) is 0 Å². The number of rotatable bonds is 1. The van der Waals surface area contributed by atoms with Crippen molar-refractivity contribution in [3.8, 4) is 0 Å². The molecule has 0 atom stereocenters. The summed E-state index contributed by atoms with van der Waals surface area (Å²) in [5, 5.41) is 24.9. The van der Waals surface area contributed by atoms with Crippen LogP contribution in [0.5, 0.6) is 0 Å². The maximum absolute atomic E-state index is 14.3. The van der Waals surface area contributed by atoms with Gasteiger partial charge in [0, 0.05) is 16.7 Å². The molecule has 0 amide bonds. The Labute approximate surface area is 149 Å². The van der Waals surface area contributed by atoms with E-state index in [1.54, 1.807) is 0 Å². The summed E-state index contributed by atoms with van der Waals surface area (Å²) in [7, 11) is 0. The van der Waals surface area contributed by atoms with Crippen LogP contribution in [0.15, 0.2) is 48.0 Å². The van der Waals surface area contributed by atoms with E-state index in [0.29, 0.717) is 5.01 Å². The van der Waals surface area contributed by atoms with Crippen molar-refractivity contribution in [2.45, 2.75) is 19.0 Å². The second-order valence-electron chi connectivity index (χ2n) is 6.04. The number of anilines is 2. The highest BCUT2D eigenvalue weighted by Crippen LogP contribution is 2.43. The average molecular weight is 384 g/mol. The zero-order chi connectivity index (χ0) is 19.5. The SMILES string of the molecule is [O-]C1=C2CCc3c(F)ccc(F)c3N2N(O)N1c1ccc(C(F)(F)F)cc1. The molecule has 0 saturated heterocycles. The van der Waals surface area contributed by atoms with E-state index in [2.05, 4.69) is 0 Å². The molecule has 5 nitrogen and oxygen atoms in total. The molecule has 1 N–H and O–H groups in total. The monoisotopic (exact) mass is 384 g/mol. The lowest BCUT2D eigenvalue weighted by Gasteiger charge is -2.35. The molecule has 2 aromatic carbocycles. The smallest absolute Gasteiger partial charge is 0.416 e. The van der Waals surface area contributed by atoms with Crippen LogP contribution in [-0.2, 0) is 12.6 Å². The number of hydrogen-bond acceptors (Lipinski definition) is 5. The Hall–Kier alpha value is -2.85. The minimum atomic E-state index is -4.56. The maximum Gasteiger partial charge on any atom is 0.416 e. The van der Waals surface area contributed by atoms with Gasteiger partial charge in [-0.3, -0.25) is 5.21 Å². The van der Waals surface area contributed by atoms with Crippen LogP contribution in [0.1, 0.15) is 17.5 Å². The molecule has 10 heteroatoms. The van der Waals surface area contributed by atoms with Crippen LogP contribution in [0, 0.1) is 11.6 Å². The molecule has 2 aromatic rings. The Bertz CT molecular complexity index is 943. The van der Waals surface area contributed by atoms with Gasteiger partial charge in [0.15, 0.2) is 0 Å². The number of hydrazine groups is 2. The van der Waals surface area contributed by atoms with Gasteiger partial charge in [0.1, 0.15) is 17.3 Å². The molecule has 0 spiro atoms. The molecule has 4 rings (SSSR count). The molecule has 0 aromatic heterocycles. The van der Waals surface area contributed by atoms with E-state index in [1.807, 2.05) is 0 Å². The zero-order valence-electron chi connectivity index (χ0n) is 13.5. The average Bonchev–Trinajstić information content (AvgIpc) is 2.88. The molecule has 0 unspecified atom stereocenters. The van der Waals surface area contributed by atoms with Crippen LogP contribution in [0.4, 0.5) is 33.3 Å². The highest BCUT2D eigenvalue weighted by atomic mass is 19.4. The van der Waals surface area contributed by atoms with Crippen LogP contribution >= 0.6 is 0 Å². The van der Waals surface area contributed by atoms with Gasteiger partial charge in [0.25, 0.3) is 0 Å². The van der Waals surface area contributed by atoms with Crippen LogP contribution in [0.25, 0.3) is 0 Å². The molecule has 142 valence electrons. The third-order valence-corrected chi connectivity index (χ3v) is 4.49. The number of alkyl halides is 3. The van der Waals surface area contributed by atoms with E-state index < -0.39 is 29.3 Å². The summed E-state index contributed by atoms with van der Waals surface area (Å²) >= 11 is 0. The van der Waals surface area contributed by atoms with Crippen molar-refractivity contribution in [3.63, 3.8) is 0 Å². The molecule has 0 fully saturated rings. The number of hydrogen-bond donors (Lipinski definition) is 1. The second-order valence-corrected chi connectivity index (χ2v) is 6.04. The molecular formula is C17H11F5N3O2-. The minimum absolute atomic E-state index is 0.000121. The summed E-state index contributed by atoms with van der Waals surface area (Å²) in [6.45, 7) is 0. The summed E-state index contributed by atoms with van der Waals surface area (Å²) in [6.07, 6.45) is -4.48. The maximum atomic E-state index is 14.3. The Morgan fingerprint density at radius 1 is 0.889 bits per heavy atom. The Kier molecular flexibility index (Phi) is 3.79. The van der Waals surface area contributed by atoms with Gasteiger partial charge in [-0.25, -0.2) is 18.8 Å². The van der Waals surface area contributed by atoms with Gasteiger partial charge in [0.05, 0.1) is 16.9 Å². The predicted molar refractivity (Wildman–Crippen MR) is 81.7 cm³/mol. The molecule has 27 heavy (non-hydrogen) atoms. The number of allylic oxidation sites excluding steroid dienone is 1. The summed E-state index contributed by atoms with van der Waals surface area (Å²) < 4.78 is 66.4. The van der Waals surface area contributed by atoms with Crippen LogP contribution < -0.4 is 15.1 Å². The van der Waals surface area contributed by atoms with Gasteiger partial charge < -0.3 is 5.11 Å². The fourth-order valence-corrected chi connectivity index (χ4v) is 3.23. The first-order chi connectivity index (χ1) is 12.7. The first-order valence-corrected chi connectivity index (χ1v) is 7.83. The van der Waals surface area contributed by atoms with Crippen molar-refractivity contribution in [2.75, 3.05) is 10.0 Å². The van der Waals surface area contributed by atoms with Gasteiger partial charge >= 0.3 is 6.18 Å². The Morgan fingerprint density at radius 3 is 2.15 bits per heavy atom. The first kappa shape index (κ1) is 17.6. The van der Waals surface area contributed by atoms with Gasteiger partial charge in [-0.1, -0.05) is 0 Å². The van der Waals surface area contributed by atoms with Crippen molar-refractivity contribution < 1.29 is 32.3 Å². The van der Waals surface area contributed by atoms with Crippen molar-refractivity contribution in [1.29, 1.82) is 0 Å². The van der Waals surface area contributed by atoms with Crippen molar-refractivity contribution in [1.82, 2.24) is 5.28 Å². The second kappa shape index (κ2) is 5.83. The summed E-state index contributed by atoms with van der Waals surface area (Å²) in [6, 6.07) is 5.35. The summed E-state index contributed by atoms with van der Waals surface area (Å²) in [5.74, 6) is -2.27. The number of benzene rings is 2. The third kappa shape index (κ3) is 2.60. The molecule has 2 aliphatic rings. The lowest BCUT2D eigenvalue weighted by atomic mass is 10.00. The lowest BCUT2D eigenvalue weighted by molar-refractivity contribution is -0.314. The molecule has 0 radical (unpaired) electrons. The third-order valence-electron chi connectivity index (χ3n) is 4.49. The minimum Gasteiger partial charge on any atom is -0.858 e. The fraction of sp³-hybridized carbons (Fsp3) is 0.176. The number of halogens is 5. The van der Waals surface area contributed by atoms with E-state index in [4.69, 9.17) is 0 Å². The van der Waals surface area contributed by atoms with Gasteiger partial charge in [-0.05, 0) is 49.2 Å². The van der Waals surface area contributed by atoms with E-state index in [1.165, 1.54) is 0 Å². The molecular weight excluding hydrogens is 373 g/mol. The molecule has 2 aliphatic heterocycles. The molecule has 0 aliphatic carbocycles. The van der Waals surface area contributed by atoms with E-state index in [-0.39, 0.29) is 40.8 Å². The quantitative estimate of drug-likeness (QED) is 0.765. The zero-order valence-corrected chi connectivity index (χ0v) is 13.5. The van der Waals surface area contributed by atoms with Gasteiger partial charge in [0.2, 0.25) is 0 Å². The topological polar surface area (TPSA) is 53.0 Å². The predicted octanol–water partition coefficient (Wildman–Crippen LogP) is 3.31. The Balaban J connectivity index is 1.77. The summed E-state index contributed by atoms with van der Waals surface area (Å²) in [5.41, 5.74) is -1.31. The van der Waals surface area contributed by atoms with E-state index in [0.717, 1.165) is 41.4 Å². The van der Waals surface area contributed by atoms with Crippen LogP contribution in [-0.4, -0.2) is 10.5 Å². The van der Waals surface area contributed by atoms with Gasteiger partial charge in [-0.15, -0.1) is 0 Å². The van der Waals surface area contributed by atoms with Crippen molar-refractivity contribution >= 4 is 11.4 Å². The van der Waals surface area contributed by atoms with Crippen molar-refractivity contribution in [2.24, 2.45) is 0 Å². The highest BCUT2D eigenvalue weighted by molar-refractivity contribution is 5.66. The van der Waals surface area contributed by atoms with Crippen LogP contribution in [0.3, 0.4) is 0 Å². The molecule has 0 bridgehead atoms. The Morgan fingerprint density at radius 2 is 1.52 bits per heavy atom. The summed E-state index contributed by atoms with van der Waals surface area (Å²) in [4.78, 5) is 0. The normalized spacial score (nSPS) is 17.4. The largest absolute Gasteiger partial charge is 0.858 e. The number of fused-ring (bicyclic) bond motifs is 3. The van der Waals surface area contributed by atoms with Crippen molar-refractivity contribution in [3.05, 3.63) is 70.7 Å². The standard InChI is InChI=1S/C17H12F5N3O2/c18-12-6-7-13(19)15-11(12)5-8-14-16(26)23(25(27)24(14)15)10-3-1-9(2-4-10)17(20,21)22/h1-4,6-7,26-27H,5,8H2/p-1. The molecule has 2 heterocycles. The van der Waals surface area contributed by atoms with Gasteiger partial charge in [-0.2, -0.15) is 13.2 Å². The number of nitrogens with zero attached hydrogens (tertiary/aromatic N) is 3. The lowest BCUT2D eigenvalue weighted by Crippen LogP contribution is -2.46. The highest BCUT2D eigenvalue weighted by Gasteiger charge is 2.40. The van der Waals surface area contributed by atoms with E-state index in [9.17, 15) is 32.3 Å². The van der Waals surface area contributed by atoms with E-state index >= 15 is 0 Å².